The summed E-state index contributed by atoms with van der Waals surface area (Å²) in [4.78, 5) is 27.7. The molecule has 3 heterocycles. The van der Waals surface area contributed by atoms with Crippen LogP contribution in [0.1, 0.15) is 42.6 Å². The number of Topliss-reactive ketones (excluding diaryl/α,β-unsaturated/α-hetero) is 1. The van der Waals surface area contributed by atoms with Gasteiger partial charge in [0.05, 0.1) is 5.02 Å². The summed E-state index contributed by atoms with van der Waals surface area (Å²) in [7, 11) is 0. The molecule has 0 bridgehead atoms. The average molecular weight is 466 g/mol. The third-order valence-electron chi connectivity index (χ3n) is 6.38. The van der Waals surface area contributed by atoms with E-state index in [0.29, 0.717) is 23.8 Å². The average Bonchev–Trinajstić information content (AvgIpc) is 3.12. The van der Waals surface area contributed by atoms with Crippen LogP contribution in [0, 0.1) is 5.41 Å². The molecular weight excluding hydrogens is 441 g/mol. The summed E-state index contributed by atoms with van der Waals surface area (Å²) >= 11 is 7.31. The first-order chi connectivity index (χ1) is 14.8. The minimum atomic E-state index is -1.17. The number of hydrogen-bond acceptors (Lipinski definition) is 9. The Balaban J connectivity index is 1.63. The van der Waals surface area contributed by atoms with E-state index in [9.17, 15) is 9.18 Å². The molecule has 2 aromatic rings. The highest BCUT2D eigenvalue weighted by molar-refractivity contribution is 7.99. The molecule has 0 radical (unpaired) electrons. The Bertz CT molecular complexity index is 1000. The van der Waals surface area contributed by atoms with Gasteiger partial charge in [0, 0.05) is 30.2 Å². The Morgan fingerprint density at radius 2 is 2.00 bits per heavy atom. The Hall–Kier alpha value is -2.17. The van der Waals surface area contributed by atoms with Crippen LogP contribution in [0.4, 0.5) is 21.8 Å². The van der Waals surface area contributed by atoms with Crippen molar-refractivity contribution in [1.29, 1.82) is 0 Å². The fourth-order valence-corrected chi connectivity index (χ4v) is 5.59. The number of nitrogens with zero attached hydrogens (tertiary/aromatic N) is 4. The molecule has 1 saturated carbocycles. The van der Waals surface area contributed by atoms with E-state index in [4.69, 9.17) is 28.8 Å². The van der Waals surface area contributed by atoms with Crippen molar-refractivity contribution < 1.29 is 9.18 Å². The number of nitrogen functional groups attached to an aromatic ring is 2. The maximum atomic E-state index is 13.4. The predicted octanol–water partition coefficient (Wildman–Crippen LogP) is 3.09. The van der Waals surface area contributed by atoms with Crippen LogP contribution < -0.4 is 22.1 Å². The quantitative estimate of drug-likeness (QED) is 0.568. The molecule has 11 heteroatoms. The van der Waals surface area contributed by atoms with Gasteiger partial charge in [-0.1, -0.05) is 29.8 Å². The monoisotopic (exact) mass is 465 g/mol. The van der Waals surface area contributed by atoms with Crippen LogP contribution in [0.5, 0.6) is 0 Å². The Morgan fingerprint density at radius 1 is 1.26 bits per heavy atom. The van der Waals surface area contributed by atoms with E-state index in [2.05, 4.69) is 15.0 Å². The molecule has 6 N–H and O–H groups in total. The van der Waals surface area contributed by atoms with Crippen molar-refractivity contribution in [2.75, 3.05) is 36.1 Å². The molecule has 4 rings (SSSR count). The van der Waals surface area contributed by atoms with Gasteiger partial charge in [-0.2, -0.15) is 0 Å². The van der Waals surface area contributed by atoms with Crippen molar-refractivity contribution in [2.45, 2.75) is 48.1 Å². The maximum Gasteiger partial charge on any atom is 0.215 e. The van der Waals surface area contributed by atoms with Crippen molar-refractivity contribution in [2.24, 2.45) is 11.1 Å². The number of anilines is 3. The number of halogens is 2. The molecule has 2 aliphatic rings. The molecule has 1 aliphatic carbocycles. The molecule has 0 aromatic carbocycles. The van der Waals surface area contributed by atoms with E-state index in [1.807, 2.05) is 4.90 Å². The zero-order valence-corrected chi connectivity index (χ0v) is 18.6. The molecule has 166 valence electrons. The van der Waals surface area contributed by atoms with Gasteiger partial charge in [0.15, 0.2) is 24.0 Å². The minimum absolute atomic E-state index is 0.0241. The molecule has 31 heavy (non-hydrogen) atoms. The number of carbonyl (C=O) groups excluding carboxylic acids is 1. The zero-order chi connectivity index (χ0) is 22.2. The second-order valence-electron chi connectivity index (χ2n) is 8.10. The van der Waals surface area contributed by atoms with Gasteiger partial charge in [-0.05, 0) is 37.2 Å². The number of carbonyl (C=O) groups is 1. The first-order valence-corrected chi connectivity index (χ1v) is 11.4. The van der Waals surface area contributed by atoms with E-state index in [-0.39, 0.29) is 38.8 Å². The van der Waals surface area contributed by atoms with Gasteiger partial charge in [-0.15, -0.1) is 0 Å². The third kappa shape index (κ3) is 4.16. The smallest absolute Gasteiger partial charge is 0.215 e. The fraction of sp³-hybridized carbons (Fsp3) is 0.500. The second-order valence-corrected chi connectivity index (χ2v) is 9.51. The van der Waals surface area contributed by atoms with Gasteiger partial charge >= 0.3 is 0 Å². The standard InChI is InChI=1S/C20H25ClFN7OS/c21-14-12(3-7-26-16(14)24)31-19-17(25)28-18(15(27-19)11(30)10-22)29-8-5-20(6-9-29)4-1-2-13(20)23/h3,7,13H,1-2,4-6,8-10,23H2,(H2,24,26)(H2,25,28)/t13-/m1/s1. The predicted molar refractivity (Wildman–Crippen MR) is 120 cm³/mol. The van der Waals surface area contributed by atoms with Crippen molar-refractivity contribution in [3.63, 3.8) is 0 Å². The number of piperidine rings is 1. The van der Waals surface area contributed by atoms with Crippen LogP contribution in [0.2, 0.25) is 5.02 Å². The SMILES string of the molecule is Nc1nc(N2CCC3(CCC[C@H]3N)CC2)c(C(=O)CF)nc1Sc1ccnc(N)c1Cl. The van der Waals surface area contributed by atoms with Crippen LogP contribution in [0.3, 0.4) is 0 Å². The highest BCUT2D eigenvalue weighted by atomic mass is 35.5. The lowest BCUT2D eigenvalue weighted by atomic mass is 9.74. The van der Waals surface area contributed by atoms with E-state index >= 15 is 0 Å². The molecule has 8 nitrogen and oxygen atoms in total. The number of alkyl halides is 1. The van der Waals surface area contributed by atoms with Crippen LogP contribution in [0.25, 0.3) is 0 Å². The molecule has 1 aliphatic heterocycles. The first kappa shape index (κ1) is 22.0. The molecule has 1 spiro atoms. The number of pyridine rings is 1. The molecule has 2 fully saturated rings. The summed E-state index contributed by atoms with van der Waals surface area (Å²) in [5.74, 6) is -0.101. The lowest BCUT2D eigenvalue weighted by Gasteiger charge is -2.42. The summed E-state index contributed by atoms with van der Waals surface area (Å²) in [6, 6.07) is 1.86. The van der Waals surface area contributed by atoms with Gasteiger partial charge in [0.1, 0.15) is 10.8 Å². The number of aromatic nitrogens is 3. The molecule has 1 saturated heterocycles. The number of hydrogen-bond donors (Lipinski definition) is 3. The molecule has 0 unspecified atom stereocenters. The van der Waals surface area contributed by atoms with Crippen LogP contribution in [-0.2, 0) is 0 Å². The lowest BCUT2D eigenvalue weighted by molar-refractivity contribution is 0.0953. The second kappa shape index (κ2) is 8.76. The number of nitrogens with two attached hydrogens (primary N) is 3. The van der Waals surface area contributed by atoms with Gasteiger partial charge in [-0.3, -0.25) is 4.79 Å². The Labute approximate surface area is 189 Å². The van der Waals surface area contributed by atoms with E-state index < -0.39 is 12.5 Å². The van der Waals surface area contributed by atoms with Crippen LogP contribution >= 0.6 is 23.4 Å². The maximum absolute atomic E-state index is 13.4. The Kier molecular flexibility index (Phi) is 6.23. The normalized spacial score (nSPS) is 20.4. The number of ketones is 1. The highest BCUT2D eigenvalue weighted by Crippen LogP contribution is 2.46. The van der Waals surface area contributed by atoms with E-state index in [1.165, 1.54) is 6.20 Å². The fourth-order valence-electron chi connectivity index (χ4n) is 4.54. The summed E-state index contributed by atoms with van der Waals surface area (Å²) in [5, 5.41) is 0.518. The van der Waals surface area contributed by atoms with Crippen molar-refractivity contribution in [1.82, 2.24) is 15.0 Å². The van der Waals surface area contributed by atoms with Crippen molar-refractivity contribution in [3.8, 4) is 0 Å². The van der Waals surface area contributed by atoms with E-state index in [0.717, 1.165) is 43.9 Å². The van der Waals surface area contributed by atoms with Crippen LogP contribution in [0.15, 0.2) is 22.2 Å². The summed E-state index contributed by atoms with van der Waals surface area (Å²) in [6.07, 6.45) is 6.63. The molecule has 1 atom stereocenters. The highest BCUT2D eigenvalue weighted by Gasteiger charge is 2.43. The van der Waals surface area contributed by atoms with Gasteiger partial charge in [0.2, 0.25) is 5.78 Å². The van der Waals surface area contributed by atoms with Gasteiger partial charge in [0.25, 0.3) is 0 Å². The van der Waals surface area contributed by atoms with Crippen molar-refractivity contribution in [3.05, 3.63) is 23.0 Å². The van der Waals surface area contributed by atoms with Gasteiger partial charge in [-0.25, -0.2) is 19.3 Å². The first-order valence-electron chi connectivity index (χ1n) is 10.2. The van der Waals surface area contributed by atoms with Crippen molar-refractivity contribution >= 4 is 46.6 Å². The molecule has 0 amide bonds. The summed E-state index contributed by atoms with van der Waals surface area (Å²) < 4.78 is 13.4. The topological polar surface area (TPSA) is 137 Å². The van der Waals surface area contributed by atoms with Gasteiger partial charge < -0.3 is 22.1 Å². The van der Waals surface area contributed by atoms with E-state index in [1.54, 1.807) is 6.07 Å². The zero-order valence-electron chi connectivity index (χ0n) is 17.0. The number of rotatable bonds is 5. The minimum Gasteiger partial charge on any atom is -0.382 e. The summed E-state index contributed by atoms with van der Waals surface area (Å²) in [5.41, 5.74) is 18.4. The summed E-state index contributed by atoms with van der Waals surface area (Å²) in [6.45, 7) is 0.183. The lowest BCUT2D eigenvalue weighted by Crippen LogP contribution is -2.47. The molecular formula is C20H25ClFN7OS. The largest absolute Gasteiger partial charge is 0.382 e. The van der Waals surface area contributed by atoms with Crippen LogP contribution in [-0.4, -0.2) is 46.5 Å². The molecule has 2 aromatic heterocycles. The third-order valence-corrected chi connectivity index (χ3v) is 7.94. The Morgan fingerprint density at radius 3 is 2.65 bits per heavy atom.